The molecule has 5 nitrogen and oxygen atoms in total. The van der Waals surface area contributed by atoms with E-state index >= 15 is 0 Å². The number of alkyl carbamates (subject to hydrolysis) is 1. The molecule has 6 heteroatoms. The SMILES string of the molecule is CCOC(=O)CCC(Br)NC(=O)OC(C)(C)C. The van der Waals surface area contributed by atoms with E-state index in [4.69, 9.17) is 9.47 Å². The van der Waals surface area contributed by atoms with Gasteiger partial charge in [-0.05, 0) is 34.1 Å². The molecule has 0 heterocycles. The molecule has 0 aliphatic rings. The molecule has 0 spiro atoms. The van der Waals surface area contributed by atoms with E-state index in [1.165, 1.54) is 0 Å². The van der Waals surface area contributed by atoms with E-state index in [2.05, 4.69) is 21.2 Å². The summed E-state index contributed by atoms with van der Waals surface area (Å²) in [6.45, 7) is 7.48. The number of rotatable bonds is 5. The minimum Gasteiger partial charge on any atom is -0.466 e. The first-order valence-electron chi connectivity index (χ1n) is 5.54. The lowest BCUT2D eigenvalue weighted by Gasteiger charge is -2.21. The maximum atomic E-state index is 11.4. The van der Waals surface area contributed by atoms with Crippen molar-refractivity contribution < 1.29 is 19.1 Å². The van der Waals surface area contributed by atoms with Gasteiger partial charge in [0.2, 0.25) is 0 Å². The summed E-state index contributed by atoms with van der Waals surface area (Å²) in [6, 6.07) is 0. The molecule has 0 bridgehead atoms. The zero-order valence-electron chi connectivity index (χ0n) is 10.7. The fourth-order valence-corrected chi connectivity index (χ4v) is 1.40. The molecular formula is C11H20BrNO4. The van der Waals surface area contributed by atoms with Crippen molar-refractivity contribution in [1.82, 2.24) is 5.32 Å². The fourth-order valence-electron chi connectivity index (χ4n) is 0.985. The van der Waals surface area contributed by atoms with E-state index in [0.29, 0.717) is 13.0 Å². The predicted octanol–water partition coefficient (Wildman–Crippen LogP) is 2.58. The molecule has 1 atom stereocenters. The summed E-state index contributed by atoms with van der Waals surface area (Å²) in [5, 5.41) is 2.58. The minimum atomic E-state index is -0.530. The van der Waals surface area contributed by atoms with Crippen LogP contribution in [0.4, 0.5) is 4.79 Å². The van der Waals surface area contributed by atoms with Crippen LogP contribution in [0.25, 0.3) is 0 Å². The summed E-state index contributed by atoms with van der Waals surface area (Å²) in [5.41, 5.74) is -0.530. The van der Waals surface area contributed by atoms with Crippen LogP contribution in [0, 0.1) is 0 Å². The molecule has 0 aromatic rings. The van der Waals surface area contributed by atoms with Crippen LogP contribution < -0.4 is 5.32 Å². The maximum absolute atomic E-state index is 11.4. The van der Waals surface area contributed by atoms with Crippen molar-refractivity contribution in [3.8, 4) is 0 Å². The van der Waals surface area contributed by atoms with Crippen LogP contribution in [-0.2, 0) is 14.3 Å². The number of alkyl halides is 1. The van der Waals surface area contributed by atoms with Crippen molar-refractivity contribution in [3.63, 3.8) is 0 Å². The van der Waals surface area contributed by atoms with Crippen LogP contribution in [-0.4, -0.2) is 29.2 Å². The molecule has 0 aromatic carbocycles. The molecule has 1 amide bonds. The number of carbonyl (C=O) groups excluding carboxylic acids is 2. The molecule has 0 fully saturated rings. The average molecular weight is 310 g/mol. The number of carbonyl (C=O) groups is 2. The summed E-state index contributed by atoms with van der Waals surface area (Å²) in [6.07, 6.45) is 0.195. The summed E-state index contributed by atoms with van der Waals surface area (Å²) < 4.78 is 9.84. The molecule has 17 heavy (non-hydrogen) atoms. The molecule has 0 aliphatic heterocycles. The third-order valence-corrected chi connectivity index (χ3v) is 2.27. The first kappa shape index (κ1) is 16.2. The summed E-state index contributed by atoms with van der Waals surface area (Å²) in [5.74, 6) is -0.275. The molecule has 0 aromatic heterocycles. The van der Waals surface area contributed by atoms with Crippen LogP contribution in [0.2, 0.25) is 0 Å². The highest BCUT2D eigenvalue weighted by atomic mass is 79.9. The first-order valence-corrected chi connectivity index (χ1v) is 6.45. The number of amides is 1. The lowest BCUT2D eigenvalue weighted by Crippen LogP contribution is -2.36. The van der Waals surface area contributed by atoms with Crippen molar-refractivity contribution >= 4 is 28.0 Å². The topological polar surface area (TPSA) is 64.6 Å². The standard InChI is InChI=1S/C11H20BrNO4/c1-5-16-9(14)7-6-8(12)13-10(15)17-11(2,3)4/h8H,5-7H2,1-4H3,(H,13,15). The number of hydrogen-bond acceptors (Lipinski definition) is 4. The molecule has 0 radical (unpaired) electrons. The zero-order chi connectivity index (χ0) is 13.5. The number of hydrogen-bond donors (Lipinski definition) is 1. The van der Waals surface area contributed by atoms with Gasteiger partial charge in [-0.1, -0.05) is 15.9 Å². The van der Waals surface area contributed by atoms with Gasteiger partial charge in [0, 0.05) is 6.42 Å². The molecule has 0 rings (SSSR count). The van der Waals surface area contributed by atoms with Crippen LogP contribution in [0.5, 0.6) is 0 Å². The quantitative estimate of drug-likeness (QED) is 0.481. The number of esters is 1. The van der Waals surface area contributed by atoms with E-state index in [0.717, 1.165) is 0 Å². The molecule has 0 saturated heterocycles. The Morgan fingerprint density at radius 1 is 1.35 bits per heavy atom. The lowest BCUT2D eigenvalue weighted by molar-refractivity contribution is -0.143. The van der Waals surface area contributed by atoms with Crippen LogP contribution in [0.15, 0.2) is 0 Å². The number of nitrogens with one attached hydrogen (secondary N) is 1. The van der Waals surface area contributed by atoms with Gasteiger partial charge in [-0.2, -0.15) is 0 Å². The van der Waals surface area contributed by atoms with Gasteiger partial charge in [0.1, 0.15) is 5.60 Å². The Balaban J connectivity index is 3.82. The third-order valence-electron chi connectivity index (χ3n) is 1.58. The Kier molecular flexibility index (Phi) is 7.18. The number of halogens is 1. The van der Waals surface area contributed by atoms with Crippen molar-refractivity contribution in [2.75, 3.05) is 6.61 Å². The normalized spacial score (nSPS) is 12.8. The molecule has 1 N–H and O–H groups in total. The van der Waals surface area contributed by atoms with Gasteiger partial charge in [-0.25, -0.2) is 4.79 Å². The summed E-state index contributed by atoms with van der Waals surface area (Å²) in [4.78, 5) is 22.1. The average Bonchev–Trinajstić information content (AvgIpc) is 2.12. The Hall–Kier alpha value is -0.780. The Morgan fingerprint density at radius 2 is 1.94 bits per heavy atom. The van der Waals surface area contributed by atoms with E-state index in [9.17, 15) is 9.59 Å². The van der Waals surface area contributed by atoms with Gasteiger partial charge in [0.25, 0.3) is 0 Å². The van der Waals surface area contributed by atoms with Gasteiger partial charge in [-0.3, -0.25) is 4.79 Å². The maximum Gasteiger partial charge on any atom is 0.408 e. The van der Waals surface area contributed by atoms with Gasteiger partial charge in [-0.15, -0.1) is 0 Å². The van der Waals surface area contributed by atoms with Gasteiger partial charge >= 0.3 is 12.1 Å². The number of ether oxygens (including phenoxy) is 2. The van der Waals surface area contributed by atoms with Crippen molar-refractivity contribution in [1.29, 1.82) is 0 Å². The van der Waals surface area contributed by atoms with E-state index < -0.39 is 11.7 Å². The van der Waals surface area contributed by atoms with Crippen LogP contribution in [0.1, 0.15) is 40.5 Å². The first-order chi connectivity index (χ1) is 7.74. The van der Waals surface area contributed by atoms with Crippen molar-refractivity contribution in [2.24, 2.45) is 0 Å². The van der Waals surface area contributed by atoms with E-state index in [1.807, 2.05) is 0 Å². The van der Waals surface area contributed by atoms with E-state index in [-0.39, 0.29) is 17.3 Å². The molecule has 1 unspecified atom stereocenters. The monoisotopic (exact) mass is 309 g/mol. The molecular weight excluding hydrogens is 290 g/mol. The smallest absolute Gasteiger partial charge is 0.408 e. The highest BCUT2D eigenvalue weighted by molar-refractivity contribution is 9.09. The Bertz CT molecular complexity index is 263. The highest BCUT2D eigenvalue weighted by Gasteiger charge is 2.18. The summed E-state index contributed by atoms with van der Waals surface area (Å²) >= 11 is 3.25. The van der Waals surface area contributed by atoms with Gasteiger partial charge in [0.15, 0.2) is 0 Å². The van der Waals surface area contributed by atoms with Crippen LogP contribution >= 0.6 is 15.9 Å². The molecule has 100 valence electrons. The minimum absolute atomic E-state index is 0.250. The van der Waals surface area contributed by atoms with Crippen LogP contribution in [0.3, 0.4) is 0 Å². The van der Waals surface area contributed by atoms with Gasteiger partial charge in [0.05, 0.1) is 11.6 Å². The van der Waals surface area contributed by atoms with Crippen molar-refractivity contribution in [3.05, 3.63) is 0 Å². The third kappa shape index (κ3) is 10.1. The van der Waals surface area contributed by atoms with Crippen molar-refractivity contribution in [2.45, 2.75) is 51.1 Å². The molecule has 0 aliphatic carbocycles. The Labute approximate surface area is 110 Å². The van der Waals surface area contributed by atoms with Gasteiger partial charge < -0.3 is 14.8 Å². The second-order valence-corrected chi connectivity index (χ2v) is 5.56. The largest absolute Gasteiger partial charge is 0.466 e. The second-order valence-electron chi connectivity index (χ2n) is 4.46. The highest BCUT2D eigenvalue weighted by Crippen LogP contribution is 2.10. The Morgan fingerprint density at radius 3 is 2.41 bits per heavy atom. The molecule has 0 saturated carbocycles. The second kappa shape index (κ2) is 7.53. The fraction of sp³-hybridized carbons (Fsp3) is 0.818. The predicted molar refractivity (Wildman–Crippen MR) is 68.0 cm³/mol. The zero-order valence-corrected chi connectivity index (χ0v) is 12.3. The lowest BCUT2D eigenvalue weighted by atomic mass is 10.2. The summed E-state index contributed by atoms with van der Waals surface area (Å²) in [7, 11) is 0. The van der Waals surface area contributed by atoms with E-state index in [1.54, 1.807) is 27.7 Å².